The second-order valence-electron chi connectivity index (χ2n) is 5.81. The lowest BCUT2D eigenvalue weighted by atomic mass is 10.0. The zero-order valence-electron chi connectivity index (χ0n) is 12.3. The molecule has 1 aliphatic rings. The topological polar surface area (TPSA) is 66.5 Å². The minimum Gasteiger partial charge on any atom is -0.329 e. The van der Waals surface area contributed by atoms with E-state index >= 15 is 0 Å². The minimum atomic E-state index is -4.56. The van der Waals surface area contributed by atoms with E-state index in [4.69, 9.17) is 0 Å². The van der Waals surface area contributed by atoms with Gasteiger partial charge in [0.25, 0.3) is 0 Å². The monoisotopic (exact) mass is 330 g/mol. The van der Waals surface area contributed by atoms with E-state index in [9.17, 15) is 26.4 Å². The van der Waals surface area contributed by atoms with Crippen molar-refractivity contribution in [3.63, 3.8) is 0 Å². The molecule has 0 aromatic rings. The van der Waals surface area contributed by atoms with Crippen molar-refractivity contribution >= 4 is 15.7 Å². The van der Waals surface area contributed by atoms with E-state index in [1.165, 1.54) is 0 Å². The van der Waals surface area contributed by atoms with Gasteiger partial charge in [0.05, 0.1) is 0 Å². The van der Waals surface area contributed by atoms with Crippen LogP contribution in [0, 0.1) is 0 Å². The van der Waals surface area contributed by atoms with Crippen molar-refractivity contribution in [1.82, 2.24) is 10.2 Å². The standard InChI is InChI=1S/C12H21F3N2O3S/c1-11(2,21(3,19)20)10(18)17(8-12(13,14)15)9-4-6-16-7-5-9/h9,16H,4-8H2,1-3H3. The average molecular weight is 330 g/mol. The molecule has 1 aliphatic heterocycles. The van der Waals surface area contributed by atoms with E-state index in [0.29, 0.717) is 30.8 Å². The number of hydrogen-bond acceptors (Lipinski definition) is 4. The summed E-state index contributed by atoms with van der Waals surface area (Å²) in [6, 6.07) is -0.596. The van der Waals surface area contributed by atoms with Gasteiger partial charge in [0, 0.05) is 12.3 Å². The Morgan fingerprint density at radius 1 is 1.24 bits per heavy atom. The molecule has 0 aromatic carbocycles. The summed E-state index contributed by atoms with van der Waals surface area (Å²) in [5.41, 5.74) is 0. The summed E-state index contributed by atoms with van der Waals surface area (Å²) in [5, 5.41) is 3.00. The highest BCUT2D eigenvalue weighted by atomic mass is 32.2. The fraction of sp³-hybridized carbons (Fsp3) is 0.917. The second-order valence-corrected chi connectivity index (χ2v) is 8.38. The van der Waals surface area contributed by atoms with Gasteiger partial charge in [-0.15, -0.1) is 0 Å². The highest BCUT2D eigenvalue weighted by Crippen LogP contribution is 2.27. The maximum absolute atomic E-state index is 12.7. The molecular weight excluding hydrogens is 309 g/mol. The lowest BCUT2D eigenvalue weighted by Crippen LogP contribution is -2.57. The zero-order valence-corrected chi connectivity index (χ0v) is 13.1. The van der Waals surface area contributed by atoms with Crippen LogP contribution < -0.4 is 5.32 Å². The van der Waals surface area contributed by atoms with Crippen LogP contribution in [0.1, 0.15) is 26.7 Å². The van der Waals surface area contributed by atoms with Crippen LogP contribution >= 0.6 is 0 Å². The van der Waals surface area contributed by atoms with E-state index in [-0.39, 0.29) is 0 Å². The third kappa shape index (κ3) is 4.57. The molecule has 1 amide bonds. The van der Waals surface area contributed by atoms with Crippen molar-refractivity contribution < 1.29 is 26.4 Å². The Labute approximate surface area is 122 Å². The first-order valence-electron chi connectivity index (χ1n) is 6.64. The Hall–Kier alpha value is -0.830. The van der Waals surface area contributed by atoms with Crippen LogP contribution in [0.3, 0.4) is 0 Å². The van der Waals surface area contributed by atoms with Crippen molar-refractivity contribution in [2.75, 3.05) is 25.9 Å². The summed E-state index contributed by atoms with van der Waals surface area (Å²) in [4.78, 5) is 13.1. The lowest BCUT2D eigenvalue weighted by molar-refractivity contribution is -0.168. The number of halogens is 3. The number of alkyl halides is 3. The molecule has 0 spiro atoms. The zero-order chi connectivity index (χ0) is 16.5. The second kappa shape index (κ2) is 6.12. The Bertz CT molecular complexity index is 482. The van der Waals surface area contributed by atoms with Crippen LogP contribution in [0.15, 0.2) is 0 Å². The largest absolute Gasteiger partial charge is 0.406 e. The molecule has 0 aromatic heterocycles. The van der Waals surface area contributed by atoms with Crippen molar-refractivity contribution in [3.05, 3.63) is 0 Å². The molecule has 1 heterocycles. The molecule has 0 radical (unpaired) electrons. The number of amides is 1. The van der Waals surface area contributed by atoms with Gasteiger partial charge in [-0.3, -0.25) is 4.79 Å². The first-order chi connectivity index (χ1) is 9.36. The summed E-state index contributed by atoms with van der Waals surface area (Å²) in [6.07, 6.45) is -2.95. The Kier molecular flexibility index (Phi) is 5.31. The smallest absolute Gasteiger partial charge is 0.329 e. The van der Waals surface area contributed by atoms with Crippen LogP contribution in [-0.4, -0.2) is 62.1 Å². The number of nitrogens with zero attached hydrogens (tertiary/aromatic N) is 1. The predicted molar refractivity (Wildman–Crippen MR) is 72.6 cm³/mol. The molecule has 1 fully saturated rings. The number of carbonyl (C=O) groups excluding carboxylic acids is 1. The maximum Gasteiger partial charge on any atom is 0.406 e. The van der Waals surface area contributed by atoms with Gasteiger partial charge >= 0.3 is 6.18 Å². The molecule has 0 unspecified atom stereocenters. The quantitative estimate of drug-likeness (QED) is 0.833. The fourth-order valence-corrected chi connectivity index (χ4v) is 2.62. The van der Waals surface area contributed by atoms with Gasteiger partial charge in [-0.05, 0) is 39.8 Å². The van der Waals surface area contributed by atoms with Gasteiger partial charge in [-0.2, -0.15) is 13.2 Å². The normalized spacial score (nSPS) is 18.6. The van der Waals surface area contributed by atoms with E-state index in [0.717, 1.165) is 20.1 Å². The summed E-state index contributed by atoms with van der Waals surface area (Å²) in [6.45, 7) is 1.89. The first-order valence-corrected chi connectivity index (χ1v) is 8.53. The van der Waals surface area contributed by atoms with Crippen LogP contribution in [0.5, 0.6) is 0 Å². The fourth-order valence-electron chi connectivity index (χ4n) is 2.18. The molecule has 9 heteroatoms. The number of carbonyl (C=O) groups is 1. The highest BCUT2D eigenvalue weighted by molar-refractivity contribution is 7.92. The van der Waals surface area contributed by atoms with Crippen LogP contribution in [0.25, 0.3) is 0 Å². The SMILES string of the molecule is CC(C)(C(=O)N(CC(F)(F)F)C1CCNCC1)S(C)(=O)=O. The van der Waals surface area contributed by atoms with E-state index in [2.05, 4.69) is 5.32 Å². The molecule has 0 aliphatic carbocycles. The van der Waals surface area contributed by atoms with E-state index in [1.807, 2.05) is 0 Å². The molecule has 21 heavy (non-hydrogen) atoms. The van der Waals surface area contributed by atoms with Crippen molar-refractivity contribution in [1.29, 1.82) is 0 Å². The molecular formula is C12H21F3N2O3S. The lowest BCUT2D eigenvalue weighted by Gasteiger charge is -2.38. The number of rotatable bonds is 4. The molecule has 0 bridgehead atoms. The molecule has 124 valence electrons. The van der Waals surface area contributed by atoms with Gasteiger partial charge in [-0.25, -0.2) is 8.42 Å². The number of sulfone groups is 1. The third-order valence-electron chi connectivity index (χ3n) is 3.80. The number of hydrogen-bond donors (Lipinski definition) is 1. The van der Waals surface area contributed by atoms with Crippen molar-refractivity contribution in [2.45, 2.75) is 43.7 Å². The molecule has 5 nitrogen and oxygen atoms in total. The first kappa shape index (κ1) is 18.2. The Balaban J connectivity index is 3.08. The predicted octanol–water partition coefficient (Wildman–Crippen LogP) is 0.953. The van der Waals surface area contributed by atoms with E-state index in [1.54, 1.807) is 0 Å². The van der Waals surface area contributed by atoms with Crippen molar-refractivity contribution in [3.8, 4) is 0 Å². The molecule has 0 atom stereocenters. The van der Waals surface area contributed by atoms with Crippen LogP contribution in [-0.2, 0) is 14.6 Å². The van der Waals surface area contributed by atoms with Crippen LogP contribution in [0.2, 0.25) is 0 Å². The number of nitrogens with one attached hydrogen (secondary N) is 1. The molecule has 1 saturated heterocycles. The van der Waals surface area contributed by atoms with Gasteiger partial charge in [-0.1, -0.05) is 0 Å². The summed E-state index contributed by atoms with van der Waals surface area (Å²) in [5.74, 6) is -0.991. The van der Waals surface area contributed by atoms with Crippen molar-refractivity contribution in [2.24, 2.45) is 0 Å². The average Bonchev–Trinajstić information content (AvgIpc) is 2.33. The minimum absolute atomic E-state index is 0.377. The third-order valence-corrected chi connectivity index (χ3v) is 5.83. The molecule has 0 saturated carbocycles. The number of piperidine rings is 1. The van der Waals surface area contributed by atoms with Gasteiger partial charge in [0.15, 0.2) is 9.84 Å². The molecule has 1 rings (SSSR count). The van der Waals surface area contributed by atoms with Gasteiger partial charge < -0.3 is 10.2 Å². The van der Waals surface area contributed by atoms with Gasteiger partial charge in [0.2, 0.25) is 5.91 Å². The van der Waals surface area contributed by atoms with Gasteiger partial charge in [0.1, 0.15) is 11.3 Å². The molecule has 1 N–H and O–H groups in total. The summed E-state index contributed by atoms with van der Waals surface area (Å²) >= 11 is 0. The maximum atomic E-state index is 12.7. The summed E-state index contributed by atoms with van der Waals surface area (Å²) in [7, 11) is -3.82. The Morgan fingerprint density at radius 2 is 1.71 bits per heavy atom. The van der Waals surface area contributed by atoms with Crippen LogP contribution in [0.4, 0.5) is 13.2 Å². The Morgan fingerprint density at radius 3 is 2.10 bits per heavy atom. The summed E-state index contributed by atoms with van der Waals surface area (Å²) < 4.78 is 59.8. The van der Waals surface area contributed by atoms with E-state index < -0.39 is 39.3 Å². The highest BCUT2D eigenvalue weighted by Gasteiger charge is 2.46.